The van der Waals surface area contributed by atoms with Crippen LogP contribution in [-0.2, 0) is 14.6 Å². The smallest absolute Gasteiger partial charge is 0.221 e. The molecule has 1 atom stereocenters. The van der Waals surface area contributed by atoms with Crippen molar-refractivity contribution in [1.29, 1.82) is 0 Å². The molecule has 1 saturated carbocycles. The predicted molar refractivity (Wildman–Crippen MR) is 94.4 cm³/mol. The van der Waals surface area contributed by atoms with Crippen LogP contribution >= 0.6 is 11.3 Å². The van der Waals surface area contributed by atoms with Crippen LogP contribution in [0, 0.1) is 0 Å². The number of amides is 1. The number of rotatable bonds is 8. The Morgan fingerprint density at radius 1 is 1.39 bits per heavy atom. The van der Waals surface area contributed by atoms with E-state index in [0.29, 0.717) is 6.54 Å². The molecule has 1 fully saturated rings. The van der Waals surface area contributed by atoms with Gasteiger partial charge < -0.3 is 10.2 Å². The largest absolute Gasteiger partial charge is 0.354 e. The summed E-state index contributed by atoms with van der Waals surface area (Å²) in [6, 6.07) is 2.16. The van der Waals surface area contributed by atoms with Crippen molar-refractivity contribution in [2.45, 2.75) is 43.4 Å². The van der Waals surface area contributed by atoms with Crippen LogP contribution in [0.5, 0.6) is 0 Å². The third kappa shape index (κ3) is 5.29. The van der Waals surface area contributed by atoms with Gasteiger partial charge >= 0.3 is 0 Å². The molecule has 5 nitrogen and oxygen atoms in total. The maximum atomic E-state index is 12.2. The van der Waals surface area contributed by atoms with Crippen LogP contribution in [0.1, 0.15) is 43.7 Å². The van der Waals surface area contributed by atoms with Crippen molar-refractivity contribution in [1.82, 2.24) is 10.2 Å². The molecule has 0 saturated heterocycles. The normalized spacial score (nSPS) is 17.5. The van der Waals surface area contributed by atoms with Gasteiger partial charge in [-0.25, -0.2) is 8.42 Å². The van der Waals surface area contributed by atoms with Crippen LogP contribution in [0.2, 0.25) is 0 Å². The molecule has 23 heavy (non-hydrogen) atoms. The summed E-state index contributed by atoms with van der Waals surface area (Å²) in [5, 5.41) is 6.74. The fraction of sp³-hybridized carbons (Fsp3) is 0.688. The van der Waals surface area contributed by atoms with Gasteiger partial charge in [-0.05, 0) is 49.3 Å². The van der Waals surface area contributed by atoms with Gasteiger partial charge in [0.15, 0.2) is 9.84 Å². The first-order valence-electron chi connectivity index (χ1n) is 8.07. The van der Waals surface area contributed by atoms with Gasteiger partial charge in [-0.15, -0.1) is 0 Å². The Labute approximate surface area is 143 Å². The molecule has 0 unspecified atom stereocenters. The molecular formula is C16H26N2O3S2. The maximum absolute atomic E-state index is 12.2. The zero-order chi connectivity index (χ0) is 16.9. The van der Waals surface area contributed by atoms with E-state index in [1.807, 2.05) is 25.5 Å². The van der Waals surface area contributed by atoms with E-state index in [4.69, 9.17) is 0 Å². The van der Waals surface area contributed by atoms with Crippen LogP contribution in [0.25, 0.3) is 0 Å². The molecule has 1 N–H and O–H groups in total. The van der Waals surface area contributed by atoms with E-state index in [2.05, 4.69) is 15.6 Å². The first-order valence-corrected chi connectivity index (χ1v) is 10.7. The van der Waals surface area contributed by atoms with E-state index in [1.165, 1.54) is 5.56 Å². The fourth-order valence-electron chi connectivity index (χ4n) is 3.01. The number of hydrogen-bond acceptors (Lipinski definition) is 5. The molecule has 130 valence electrons. The summed E-state index contributed by atoms with van der Waals surface area (Å²) in [7, 11) is 0.820. The molecule has 1 aliphatic carbocycles. The fourth-order valence-corrected chi connectivity index (χ4v) is 5.57. The average Bonchev–Trinajstić information content (AvgIpc) is 3.18. The van der Waals surface area contributed by atoms with Crippen LogP contribution in [0.4, 0.5) is 0 Å². The minimum absolute atomic E-state index is 0.0332. The van der Waals surface area contributed by atoms with Gasteiger partial charge in [0.2, 0.25) is 5.91 Å². The van der Waals surface area contributed by atoms with Crippen molar-refractivity contribution in [3.63, 3.8) is 0 Å². The lowest BCUT2D eigenvalue weighted by Gasteiger charge is -2.24. The Hall–Kier alpha value is -0.920. The molecule has 0 bridgehead atoms. The van der Waals surface area contributed by atoms with E-state index in [-0.39, 0.29) is 29.4 Å². The summed E-state index contributed by atoms with van der Waals surface area (Å²) in [4.78, 5) is 14.1. The molecule has 1 heterocycles. The van der Waals surface area contributed by atoms with Crippen molar-refractivity contribution in [2.75, 3.05) is 26.4 Å². The molecular weight excluding hydrogens is 332 g/mol. The number of thiophene rings is 1. The summed E-state index contributed by atoms with van der Waals surface area (Å²) in [5.41, 5.74) is 1.17. The topological polar surface area (TPSA) is 66.5 Å². The SMILES string of the molecule is CN(C)[C@@H](CNC(=O)CCS(=O)(=O)C1CCCC1)c1ccsc1. The van der Waals surface area contributed by atoms with Gasteiger partial charge in [0.1, 0.15) is 0 Å². The number of nitrogens with zero attached hydrogens (tertiary/aromatic N) is 1. The predicted octanol–water partition coefficient (Wildman–Crippen LogP) is 2.21. The van der Waals surface area contributed by atoms with Crippen molar-refractivity contribution in [2.24, 2.45) is 0 Å². The van der Waals surface area contributed by atoms with Gasteiger partial charge in [0.25, 0.3) is 0 Å². The Morgan fingerprint density at radius 2 is 2.09 bits per heavy atom. The molecule has 1 aliphatic rings. The van der Waals surface area contributed by atoms with Crippen molar-refractivity contribution in [3.05, 3.63) is 22.4 Å². The minimum atomic E-state index is -3.12. The summed E-state index contributed by atoms with van der Waals surface area (Å²) in [6.45, 7) is 0.492. The highest BCUT2D eigenvalue weighted by atomic mass is 32.2. The lowest BCUT2D eigenvalue weighted by molar-refractivity contribution is -0.120. The van der Waals surface area contributed by atoms with Crippen LogP contribution in [-0.4, -0.2) is 50.9 Å². The van der Waals surface area contributed by atoms with Crippen LogP contribution in [0.3, 0.4) is 0 Å². The maximum Gasteiger partial charge on any atom is 0.221 e. The molecule has 0 aliphatic heterocycles. The second-order valence-corrected chi connectivity index (χ2v) is 9.54. The number of nitrogens with one attached hydrogen (secondary N) is 1. The van der Waals surface area contributed by atoms with Crippen molar-refractivity contribution >= 4 is 27.1 Å². The Balaban J connectivity index is 1.80. The number of sulfone groups is 1. The van der Waals surface area contributed by atoms with E-state index < -0.39 is 9.84 Å². The molecule has 1 amide bonds. The summed E-state index contributed by atoms with van der Waals surface area (Å²) >= 11 is 1.63. The zero-order valence-corrected chi connectivity index (χ0v) is 15.5. The van der Waals surface area contributed by atoms with Gasteiger partial charge in [-0.1, -0.05) is 12.8 Å². The summed E-state index contributed by atoms with van der Waals surface area (Å²) in [6.07, 6.45) is 3.54. The van der Waals surface area contributed by atoms with Crippen LogP contribution < -0.4 is 5.32 Å². The van der Waals surface area contributed by atoms with Gasteiger partial charge in [0.05, 0.1) is 17.0 Å². The molecule has 2 rings (SSSR count). The highest BCUT2D eigenvalue weighted by Crippen LogP contribution is 2.25. The number of hydrogen-bond donors (Lipinski definition) is 1. The lowest BCUT2D eigenvalue weighted by atomic mass is 10.1. The second kappa shape index (κ2) is 8.26. The molecule has 1 aromatic rings. The van der Waals surface area contributed by atoms with E-state index in [9.17, 15) is 13.2 Å². The standard InChI is InChI=1S/C16H26N2O3S2/c1-18(2)15(13-7-9-22-12-13)11-17-16(19)8-10-23(20,21)14-5-3-4-6-14/h7,9,12,14-15H,3-6,8,10-11H2,1-2H3,(H,17,19)/t15-/m0/s1. The molecule has 0 spiro atoms. The second-order valence-electron chi connectivity index (χ2n) is 6.36. The summed E-state index contributed by atoms with van der Waals surface area (Å²) < 4.78 is 24.4. The third-order valence-electron chi connectivity index (χ3n) is 4.47. The van der Waals surface area contributed by atoms with Gasteiger partial charge in [0, 0.05) is 13.0 Å². The molecule has 0 aromatic carbocycles. The third-order valence-corrected chi connectivity index (χ3v) is 7.43. The number of carbonyl (C=O) groups excluding carboxylic acids is 1. The highest BCUT2D eigenvalue weighted by Gasteiger charge is 2.29. The lowest BCUT2D eigenvalue weighted by Crippen LogP contribution is -2.35. The molecule has 7 heteroatoms. The summed E-state index contributed by atoms with van der Waals surface area (Å²) in [5.74, 6) is -0.220. The minimum Gasteiger partial charge on any atom is -0.354 e. The zero-order valence-electron chi connectivity index (χ0n) is 13.8. The van der Waals surface area contributed by atoms with Crippen molar-refractivity contribution < 1.29 is 13.2 Å². The molecule has 1 aromatic heterocycles. The Kier molecular flexibility index (Phi) is 6.61. The Bertz CT molecular complexity index is 591. The quantitative estimate of drug-likeness (QED) is 0.774. The van der Waals surface area contributed by atoms with Crippen LogP contribution in [0.15, 0.2) is 16.8 Å². The molecule has 0 radical (unpaired) electrons. The average molecular weight is 359 g/mol. The van der Waals surface area contributed by atoms with Crippen molar-refractivity contribution in [3.8, 4) is 0 Å². The van der Waals surface area contributed by atoms with E-state index in [1.54, 1.807) is 11.3 Å². The number of likely N-dealkylation sites (N-methyl/N-ethyl adjacent to an activating group) is 1. The first-order chi connectivity index (χ1) is 10.9. The monoisotopic (exact) mass is 358 g/mol. The van der Waals surface area contributed by atoms with E-state index in [0.717, 1.165) is 25.7 Å². The van der Waals surface area contributed by atoms with Gasteiger partial charge in [-0.2, -0.15) is 11.3 Å². The number of carbonyl (C=O) groups is 1. The Morgan fingerprint density at radius 3 is 2.65 bits per heavy atom. The van der Waals surface area contributed by atoms with E-state index >= 15 is 0 Å². The highest BCUT2D eigenvalue weighted by molar-refractivity contribution is 7.92. The van der Waals surface area contributed by atoms with Gasteiger partial charge in [-0.3, -0.25) is 4.79 Å². The first kappa shape index (κ1) is 18.4.